The van der Waals surface area contributed by atoms with Gasteiger partial charge in [0.05, 0.1) is 33.5 Å². The van der Waals surface area contributed by atoms with Crippen molar-refractivity contribution in [3.63, 3.8) is 0 Å². The van der Waals surface area contributed by atoms with E-state index in [4.69, 9.17) is 16.6 Å². The number of nitrogens with one attached hydrogen (secondary N) is 1. The average molecular weight is 572 g/mol. The number of pyridine rings is 1. The van der Waals surface area contributed by atoms with E-state index in [1.165, 1.54) is 23.3 Å². The molecule has 1 unspecified atom stereocenters. The van der Waals surface area contributed by atoms with Crippen LogP contribution < -0.4 is 10.0 Å². The number of aromatic nitrogens is 5. The molecule has 3 heterocycles. The fraction of sp³-hybridized carbons (Fsp3) is 0.267. The number of halogens is 2. The molecule has 0 radical (unpaired) electrons. The largest absolute Gasteiger partial charge is 0.618 e. The highest BCUT2D eigenvalue weighted by Crippen LogP contribution is 2.41. The Bertz CT molecular complexity index is 1670. The van der Waals surface area contributed by atoms with Crippen molar-refractivity contribution in [3.8, 4) is 16.8 Å². The number of nitrogens with zero attached hydrogens (tertiary/aromatic N) is 6. The Hall–Kier alpha value is -4.44. The molecule has 2 aromatic carbocycles. The number of anilines is 1. The minimum atomic E-state index is -0.656. The first-order valence-corrected chi connectivity index (χ1v) is 13.9. The molecule has 0 bridgehead atoms. The van der Waals surface area contributed by atoms with E-state index in [0.717, 1.165) is 46.7 Å². The Morgan fingerprint density at radius 2 is 1.95 bits per heavy atom. The molecule has 1 fully saturated rings. The molecule has 1 amide bonds. The molecule has 41 heavy (non-hydrogen) atoms. The van der Waals surface area contributed by atoms with Crippen LogP contribution >= 0.6 is 11.6 Å². The summed E-state index contributed by atoms with van der Waals surface area (Å²) in [6.07, 6.45) is 8.94. The molecule has 2 aromatic heterocycles. The lowest BCUT2D eigenvalue weighted by atomic mass is 9.90. The molecule has 1 aliphatic carbocycles. The Labute approximate surface area is 241 Å². The van der Waals surface area contributed by atoms with Crippen molar-refractivity contribution in [2.75, 3.05) is 5.32 Å². The zero-order chi connectivity index (χ0) is 28.5. The molecule has 4 aromatic rings. The van der Waals surface area contributed by atoms with Gasteiger partial charge in [-0.3, -0.25) is 9.79 Å². The number of aliphatic imine (C=N–C) groups is 1. The summed E-state index contributed by atoms with van der Waals surface area (Å²) in [7, 11) is 0. The number of tetrazole rings is 1. The van der Waals surface area contributed by atoms with E-state index in [0.29, 0.717) is 35.7 Å². The van der Waals surface area contributed by atoms with Crippen LogP contribution in [0.4, 0.5) is 10.1 Å². The van der Waals surface area contributed by atoms with Crippen molar-refractivity contribution in [3.05, 3.63) is 94.4 Å². The van der Waals surface area contributed by atoms with Crippen molar-refractivity contribution in [2.45, 2.75) is 44.9 Å². The maximum atomic E-state index is 15.3. The lowest BCUT2D eigenvalue weighted by Gasteiger charge is -2.18. The van der Waals surface area contributed by atoms with Gasteiger partial charge in [0, 0.05) is 30.3 Å². The number of carbonyl (C=O) groups is 1. The van der Waals surface area contributed by atoms with Gasteiger partial charge < -0.3 is 10.5 Å². The SMILES string of the molecule is CCC(=O)Nc1ccc(C2=CCC(C(CC3CC3)c3ccc(-c4c(-n5cnnn5)ccc(Cl)c4F)c[n+]3[O-])=N2)cc1. The smallest absolute Gasteiger partial charge is 0.224 e. The van der Waals surface area contributed by atoms with Crippen LogP contribution in [0, 0.1) is 16.9 Å². The summed E-state index contributed by atoms with van der Waals surface area (Å²) in [6, 6.07) is 14.1. The first kappa shape index (κ1) is 26.8. The van der Waals surface area contributed by atoms with Crippen LogP contribution in [0.2, 0.25) is 5.02 Å². The van der Waals surface area contributed by atoms with Crippen molar-refractivity contribution < 1.29 is 13.9 Å². The molecular formula is C30H27ClFN7O2. The lowest BCUT2D eigenvalue weighted by molar-refractivity contribution is -0.614. The summed E-state index contributed by atoms with van der Waals surface area (Å²) in [5.74, 6) is -0.322. The molecule has 0 spiro atoms. The first-order valence-electron chi connectivity index (χ1n) is 13.5. The van der Waals surface area contributed by atoms with Crippen molar-refractivity contribution in [1.82, 2.24) is 20.2 Å². The number of benzene rings is 2. The fourth-order valence-electron chi connectivity index (χ4n) is 5.13. The van der Waals surface area contributed by atoms with Crippen LogP contribution in [-0.4, -0.2) is 31.8 Å². The summed E-state index contributed by atoms with van der Waals surface area (Å²) >= 11 is 6.11. The predicted molar refractivity (Wildman–Crippen MR) is 154 cm³/mol. The molecule has 1 saturated carbocycles. The van der Waals surface area contributed by atoms with Crippen molar-refractivity contribution in [1.29, 1.82) is 0 Å². The van der Waals surface area contributed by atoms with Crippen LogP contribution in [0.25, 0.3) is 22.5 Å². The molecule has 11 heteroatoms. The maximum absolute atomic E-state index is 15.3. The second kappa shape index (κ2) is 11.2. The number of allylic oxidation sites excluding steroid dienone is 1. The predicted octanol–water partition coefficient (Wildman–Crippen LogP) is 5.87. The number of amides is 1. The van der Waals surface area contributed by atoms with Gasteiger partial charge in [0.15, 0.2) is 12.0 Å². The molecule has 1 N–H and O–H groups in total. The van der Waals surface area contributed by atoms with E-state index < -0.39 is 5.82 Å². The van der Waals surface area contributed by atoms with Crippen molar-refractivity contribution in [2.24, 2.45) is 10.9 Å². The molecule has 1 aliphatic heterocycles. The maximum Gasteiger partial charge on any atom is 0.224 e. The van der Waals surface area contributed by atoms with Gasteiger partial charge in [0.2, 0.25) is 11.6 Å². The second-order valence-corrected chi connectivity index (χ2v) is 10.7. The fourth-order valence-corrected chi connectivity index (χ4v) is 5.28. The summed E-state index contributed by atoms with van der Waals surface area (Å²) < 4.78 is 17.4. The van der Waals surface area contributed by atoms with E-state index in [2.05, 4.69) is 26.9 Å². The van der Waals surface area contributed by atoms with Crippen molar-refractivity contribution >= 4 is 34.6 Å². The molecule has 1 atom stereocenters. The average Bonchev–Trinajstić information content (AvgIpc) is 3.41. The third-order valence-corrected chi connectivity index (χ3v) is 7.77. The number of hydrogen-bond donors (Lipinski definition) is 1. The van der Waals surface area contributed by atoms with Gasteiger partial charge in [-0.05, 0) is 58.7 Å². The van der Waals surface area contributed by atoms with Crippen LogP contribution in [0.3, 0.4) is 0 Å². The normalized spacial score (nSPS) is 15.4. The second-order valence-electron chi connectivity index (χ2n) is 10.3. The molecule has 2 aliphatic rings. The third kappa shape index (κ3) is 5.60. The van der Waals surface area contributed by atoms with Crippen LogP contribution in [0.5, 0.6) is 0 Å². The van der Waals surface area contributed by atoms with Gasteiger partial charge >= 0.3 is 0 Å². The van der Waals surface area contributed by atoms with Gasteiger partial charge in [0.1, 0.15) is 6.33 Å². The summed E-state index contributed by atoms with van der Waals surface area (Å²) in [6.45, 7) is 1.81. The Morgan fingerprint density at radius 1 is 1.17 bits per heavy atom. The minimum absolute atomic E-state index is 0.0391. The molecule has 208 valence electrons. The summed E-state index contributed by atoms with van der Waals surface area (Å²) in [5.41, 5.74) is 4.89. The number of rotatable bonds is 9. The monoisotopic (exact) mass is 571 g/mol. The van der Waals surface area contributed by atoms with E-state index in [9.17, 15) is 10.0 Å². The Balaban J connectivity index is 1.30. The topological polar surface area (TPSA) is 112 Å². The lowest BCUT2D eigenvalue weighted by Crippen LogP contribution is -2.35. The van der Waals surface area contributed by atoms with E-state index in [1.807, 2.05) is 31.2 Å². The summed E-state index contributed by atoms with van der Waals surface area (Å²) in [5, 5.41) is 27.5. The highest BCUT2D eigenvalue weighted by Gasteiger charge is 2.34. The molecule has 6 rings (SSSR count). The first-order chi connectivity index (χ1) is 19.9. The van der Waals surface area contributed by atoms with E-state index >= 15 is 4.39 Å². The minimum Gasteiger partial charge on any atom is -0.618 e. The standard InChI is InChI=1S/C30H27ClFN7O2/c1-2-28(40)34-21-8-5-19(6-9-21)24-11-12-25(35-24)22(15-18-3-4-18)26-13-7-20(16-39(26)41)29-27(38-17-33-36-37-38)14-10-23(31)30(29)32/h5-11,13-14,16-18,22H,2-4,12,15H2,1H3,(H,34,40). The zero-order valence-corrected chi connectivity index (χ0v) is 23.1. The van der Waals surface area contributed by atoms with E-state index in [-0.39, 0.29) is 22.4 Å². The Morgan fingerprint density at radius 3 is 2.63 bits per heavy atom. The zero-order valence-electron chi connectivity index (χ0n) is 22.3. The highest BCUT2D eigenvalue weighted by molar-refractivity contribution is 6.31. The van der Waals surface area contributed by atoms with Gasteiger partial charge in [-0.1, -0.05) is 49.6 Å². The van der Waals surface area contributed by atoms with Crippen LogP contribution in [0.1, 0.15) is 56.2 Å². The van der Waals surface area contributed by atoms with Gasteiger partial charge in [-0.15, -0.1) is 5.10 Å². The van der Waals surface area contributed by atoms with Crippen LogP contribution in [0.15, 0.2) is 72.1 Å². The number of carbonyl (C=O) groups excluding carboxylic acids is 1. The quantitative estimate of drug-likeness (QED) is 0.199. The molecule has 9 nitrogen and oxygen atoms in total. The Kier molecular flexibility index (Phi) is 7.32. The van der Waals surface area contributed by atoms with Gasteiger partial charge in [0.25, 0.3) is 0 Å². The van der Waals surface area contributed by atoms with Gasteiger partial charge in [-0.25, -0.2) is 4.39 Å². The van der Waals surface area contributed by atoms with Gasteiger partial charge in [-0.2, -0.15) is 9.41 Å². The molecular weight excluding hydrogens is 545 g/mol. The van der Waals surface area contributed by atoms with Crippen LogP contribution in [-0.2, 0) is 4.79 Å². The third-order valence-electron chi connectivity index (χ3n) is 7.48. The number of hydrogen-bond acceptors (Lipinski definition) is 6. The summed E-state index contributed by atoms with van der Waals surface area (Å²) in [4.78, 5) is 16.6. The van der Waals surface area contributed by atoms with E-state index in [1.54, 1.807) is 18.2 Å². The molecule has 0 saturated heterocycles. The highest BCUT2D eigenvalue weighted by atomic mass is 35.5.